The van der Waals surface area contributed by atoms with E-state index in [1.165, 1.54) is 6.26 Å². The van der Waals surface area contributed by atoms with E-state index in [4.69, 9.17) is 14.9 Å². The van der Waals surface area contributed by atoms with Crippen LogP contribution in [-0.4, -0.2) is 11.7 Å². The quantitative estimate of drug-likeness (QED) is 0.786. The number of hydrogen-bond acceptors (Lipinski definition) is 4. The number of furan rings is 1. The molecule has 0 unspecified atom stereocenters. The Morgan fingerprint density at radius 2 is 2.27 bits per heavy atom. The molecular formula is C10H16N2O3. The van der Waals surface area contributed by atoms with Crippen LogP contribution >= 0.6 is 0 Å². The van der Waals surface area contributed by atoms with Gasteiger partial charge in [0, 0.05) is 6.07 Å². The minimum absolute atomic E-state index is 0.234. The van der Waals surface area contributed by atoms with Crippen LogP contribution in [0, 0.1) is 0 Å². The van der Waals surface area contributed by atoms with Gasteiger partial charge in [-0.25, -0.2) is 4.79 Å². The van der Waals surface area contributed by atoms with Gasteiger partial charge in [-0.1, -0.05) is 0 Å². The molecule has 15 heavy (non-hydrogen) atoms. The topological polar surface area (TPSA) is 77.5 Å². The summed E-state index contributed by atoms with van der Waals surface area (Å²) in [6.45, 7) is 5.63. The number of nitrogens with one attached hydrogen (secondary N) is 1. The molecule has 1 heterocycles. The second-order valence-electron chi connectivity index (χ2n) is 4.09. The van der Waals surface area contributed by atoms with E-state index in [1.807, 2.05) is 0 Å². The van der Waals surface area contributed by atoms with Crippen molar-refractivity contribution < 1.29 is 13.9 Å². The van der Waals surface area contributed by atoms with Gasteiger partial charge in [0.1, 0.15) is 11.4 Å². The third kappa shape index (κ3) is 3.63. The third-order valence-corrected chi connectivity index (χ3v) is 1.57. The maximum atomic E-state index is 11.4. The lowest BCUT2D eigenvalue weighted by molar-refractivity contribution is 0.0635. The Hall–Kier alpha value is -1.49. The summed E-state index contributed by atoms with van der Waals surface area (Å²) in [4.78, 5) is 11.4. The van der Waals surface area contributed by atoms with E-state index in [9.17, 15) is 4.79 Å². The summed E-state index contributed by atoms with van der Waals surface area (Å²) in [6.07, 6.45) is 0.952. The average Bonchev–Trinajstić information content (AvgIpc) is 2.48. The fourth-order valence-electron chi connectivity index (χ4n) is 1.02. The van der Waals surface area contributed by atoms with Crippen molar-refractivity contribution in [3.05, 3.63) is 18.1 Å². The maximum absolute atomic E-state index is 11.4. The number of carbonyl (C=O) groups is 1. The van der Waals surface area contributed by atoms with Crippen LogP contribution in [0.15, 0.2) is 16.7 Å². The highest BCUT2D eigenvalue weighted by Gasteiger charge is 2.17. The predicted octanol–water partition coefficient (Wildman–Crippen LogP) is 2.09. The highest BCUT2D eigenvalue weighted by atomic mass is 16.6. The van der Waals surface area contributed by atoms with Gasteiger partial charge in [0.2, 0.25) is 0 Å². The van der Waals surface area contributed by atoms with E-state index in [0.717, 1.165) is 0 Å². The summed E-state index contributed by atoms with van der Waals surface area (Å²) >= 11 is 0. The van der Waals surface area contributed by atoms with Crippen LogP contribution in [0.1, 0.15) is 26.5 Å². The maximum Gasteiger partial charge on any atom is 0.412 e. The van der Waals surface area contributed by atoms with Gasteiger partial charge in [-0.15, -0.1) is 0 Å². The van der Waals surface area contributed by atoms with Gasteiger partial charge in [-0.05, 0) is 20.8 Å². The second kappa shape index (κ2) is 4.35. The summed E-state index contributed by atoms with van der Waals surface area (Å²) in [5.74, 6) is 0.529. The molecule has 0 aliphatic heterocycles. The standard InChI is InChI=1S/C10H16N2O3/c1-10(2,3)15-9(13)12-7-4-5-14-8(7)6-11/h4-5H,6,11H2,1-3H3,(H,12,13). The highest BCUT2D eigenvalue weighted by Crippen LogP contribution is 2.17. The molecule has 0 aliphatic carbocycles. The normalized spacial score (nSPS) is 11.2. The first-order valence-corrected chi connectivity index (χ1v) is 4.69. The number of nitrogens with two attached hydrogens (primary N) is 1. The lowest BCUT2D eigenvalue weighted by atomic mass is 10.2. The SMILES string of the molecule is CC(C)(C)OC(=O)Nc1ccoc1CN. The number of hydrogen-bond donors (Lipinski definition) is 2. The first-order chi connectivity index (χ1) is 6.92. The Morgan fingerprint density at radius 1 is 1.60 bits per heavy atom. The molecule has 0 saturated heterocycles. The van der Waals surface area contributed by atoms with Gasteiger partial charge in [0.05, 0.1) is 18.5 Å². The molecule has 0 radical (unpaired) electrons. The van der Waals surface area contributed by atoms with E-state index in [1.54, 1.807) is 26.8 Å². The first kappa shape index (κ1) is 11.6. The minimum atomic E-state index is -0.517. The van der Waals surface area contributed by atoms with Crippen molar-refractivity contribution in [3.63, 3.8) is 0 Å². The van der Waals surface area contributed by atoms with Crippen LogP contribution in [0.2, 0.25) is 0 Å². The molecule has 1 amide bonds. The van der Waals surface area contributed by atoms with Gasteiger partial charge >= 0.3 is 6.09 Å². The Balaban J connectivity index is 2.59. The van der Waals surface area contributed by atoms with Gasteiger partial charge in [-0.2, -0.15) is 0 Å². The van der Waals surface area contributed by atoms with Crippen molar-refractivity contribution in [3.8, 4) is 0 Å². The smallest absolute Gasteiger partial charge is 0.412 e. The van der Waals surface area contributed by atoms with E-state index < -0.39 is 11.7 Å². The summed E-state index contributed by atoms with van der Waals surface area (Å²) in [6, 6.07) is 1.63. The average molecular weight is 212 g/mol. The zero-order chi connectivity index (χ0) is 11.5. The molecule has 1 rings (SSSR count). The Bertz CT molecular complexity index is 339. The molecular weight excluding hydrogens is 196 g/mol. The van der Waals surface area contributed by atoms with E-state index in [-0.39, 0.29) is 6.54 Å². The van der Waals surface area contributed by atoms with E-state index in [0.29, 0.717) is 11.4 Å². The fourth-order valence-corrected chi connectivity index (χ4v) is 1.02. The highest BCUT2D eigenvalue weighted by molar-refractivity contribution is 5.85. The van der Waals surface area contributed by atoms with Crippen LogP contribution in [-0.2, 0) is 11.3 Å². The Kier molecular flexibility index (Phi) is 3.36. The summed E-state index contributed by atoms with van der Waals surface area (Å²) in [5, 5.41) is 2.56. The van der Waals surface area contributed by atoms with Gasteiger partial charge in [-0.3, -0.25) is 5.32 Å². The predicted molar refractivity (Wildman–Crippen MR) is 56.5 cm³/mol. The molecule has 5 nitrogen and oxygen atoms in total. The van der Waals surface area contributed by atoms with E-state index >= 15 is 0 Å². The molecule has 84 valence electrons. The second-order valence-corrected chi connectivity index (χ2v) is 4.09. The Morgan fingerprint density at radius 3 is 2.80 bits per heavy atom. The molecule has 0 spiro atoms. The van der Waals surface area contributed by atoms with Crippen LogP contribution in [0.3, 0.4) is 0 Å². The Labute approximate surface area is 88.6 Å². The van der Waals surface area contributed by atoms with Crippen LogP contribution < -0.4 is 11.1 Å². The van der Waals surface area contributed by atoms with Crippen molar-refractivity contribution >= 4 is 11.8 Å². The van der Waals surface area contributed by atoms with Crippen LogP contribution in [0.4, 0.5) is 10.5 Å². The zero-order valence-corrected chi connectivity index (χ0v) is 9.16. The fraction of sp³-hybridized carbons (Fsp3) is 0.500. The van der Waals surface area contributed by atoms with Crippen molar-refractivity contribution in [1.82, 2.24) is 0 Å². The van der Waals surface area contributed by atoms with Crippen molar-refractivity contribution in [2.75, 3.05) is 5.32 Å². The molecule has 1 aromatic rings. The van der Waals surface area contributed by atoms with Crippen molar-refractivity contribution in [2.45, 2.75) is 32.9 Å². The van der Waals surface area contributed by atoms with Gasteiger partial charge in [0.25, 0.3) is 0 Å². The monoisotopic (exact) mass is 212 g/mol. The van der Waals surface area contributed by atoms with Crippen LogP contribution in [0.5, 0.6) is 0 Å². The molecule has 1 aromatic heterocycles. The molecule has 0 aliphatic rings. The lowest BCUT2D eigenvalue weighted by Crippen LogP contribution is -2.27. The molecule has 0 atom stereocenters. The lowest BCUT2D eigenvalue weighted by Gasteiger charge is -2.19. The van der Waals surface area contributed by atoms with Gasteiger partial charge < -0.3 is 14.9 Å². The summed E-state index contributed by atoms with van der Waals surface area (Å²) < 4.78 is 10.1. The zero-order valence-electron chi connectivity index (χ0n) is 9.16. The number of anilines is 1. The number of rotatable bonds is 2. The minimum Gasteiger partial charge on any atom is -0.466 e. The molecule has 0 saturated carbocycles. The van der Waals surface area contributed by atoms with Crippen molar-refractivity contribution in [1.29, 1.82) is 0 Å². The molecule has 5 heteroatoms. The number of carbonyl (C=O) groups excluding carboxylic acids is 1. The largest absolute Gasteiger partial charge is 0.466 e. The molecule has 0 aromatic carbocycles. The summed E-state index contributed by atoms with van der Waals surface area (Å²) in [5.41, 5.74) is 5.44. The van der Waals surface area contributed by atoms with Gasteiger partial charge in [0.15, 0.2) is 0 Å². The van der Waals surface area contributed by atoms with E-state index in [2.05, 4.69) is 5.32 Å². The molecule has 3 N–H and O–H groups in total. The van der Waals surface area contributed by atoms with Crippen molar-refractivity contribution in [2.24, 2.45) is 5.73 Å². The molecule has 0 fully saturated rings. The number of amides is 1. The van der Waals surface area contributed by atoms with Crippen LogP contribution in [0.25, 0.3) is 0 Å². The summed E-state index contributed by atoms with van der Waals surface area (Å²) in [7, 11) is 0. The third-order valence-electron chi connectivity index (χ3n) is 1.57. The molecule has 0 bridgehead atoms. The number of ether oxygens (including phenoxy) is 1. The first-order valence-electron chi connectivity index (χ1n) is 4.69.